The molecule has 0 aromatic heterocycles. The van der Waals surface area contributed by atoms with Gasteiger partial charge in [0.15, 0.2) is 0 Å². The Labute approximate surface area is 113 Å². The molecule has 0 radical (unpaired) electrons. The van der Waals surface area contributed by atoms with Crippen LogP contribution in [0.2, 0.25) is 0 Å². The molecule has 5 heteroatoms. The molecule has 0 spiro atoms. The van der Waals surface area contributed by atoms with E-state index in [1.165, 1.54) is 4.31 Å². The maximum atomic E-state index is 12.5. The molecule has 1 fully saturated rings. The van der Waals surface area contributed by atoms with E-state index in [-0.39, 0.29) is 18.0 Å². The number of benzene rings is 1. The Bertz CT molecular complexity index is 619. The number of carbonyl (C=O) groups is 1. The summed E-state index contributed by atoms with van der Waals surface area (Å²) in [5.74, 6) is 0. The predicted molar refractivity (Wildman–Crippen MR) is 73.2 cm³/mol. The number of carbonyl (C=O) groups excluding carboxylic acids is 1. The molecule has 4 nitrogen and oxygen atoms in total. The fourth-order valence-corrected chi connectivity index (χ4v) is 3.62. The van der Waals surface area contributed by atoms with Gasteiger partial charge in [0.05, 0.1) is 10.3 Å². The second-order valence-corrected chi connectivity index (χ2v) is 7.16. The lowest BCUT2D eigenvalue weighted by Gasteiger charge is -2.18. The highest BCUT2D eigenvalue weighted by Gasteiger charge is 2.42. The highest BCUT2D eigenvalue weighted by atomic mass is 32.2. The molecule has 0 N–H and O–H groups in total. The van der Waals surface area contributed by atoms with E-state index in [2.05, 4.69) is 6.58 Å². The molecule has 2 rings (SSSR count). The molecular formula is C14H17NO3S. The number of aldehydes is 1. The molecule has 1 aliphatic rings. The van der Waals surface area contributed by atoms with E-state index >= 15 is 0 Å². The molecule has 1 atom stereocenters. The van der Waals surface area contributed by atoms with Gasteiger partial charge in [0.1, 0.15) is 6.29 Å². The highest BCUT2D eigenvalue weighted by Crippen LogP contribution is 2.35. The van der Waals surface area contributed by atoms with Gasteiger partial charge in [-0.05, 0) is 31.6 Å². The fourth-order valence-electron chi connectivity index (χ4n) is 2.08. The zero-order valence-corrected chi connectivity index (χ0v) is 11.9. The van der Waals surface area contributed by atoms with Crippen LogP contribution in [0.25, 0.3) is 0 Å². The van der Waals surface area contributed by atoms with Crippen molar-refractivity contribution in [2.24, 2.45) is 5.41 Å². The van der Waals surface area contributed by atoms with Crippen LogP contribution < -0.4 is 0 Å². The number of aryl methyl sites for hydroxylation is 1. The van der Waals surface area contributed by atoms with Crippen molar-refractivity contribution in [1.82, 2.24) is 4.31 Å². The van der Waals surface area contributed by atoms with Gasteiger partial charge in [0.25, 0.3) is 0 Å². The molecule has 1 saturated heterocycles. The van der Waals surface area contributed by atoms with Crippen molar-refractivity contribution in [2.45, 2.75) is 18.7 Å². The quantitative estimate of drug-likeness (QED) is 0.626. The molecule has 1 aromatic carbocycles. The minimum atomic E-state index is -3.56. The SMILES string of the molecule is C=C1CN(S(=O)(=O)c2ccc(C)cc2)C[C@]1(C)C=O. The Balaban J connectivity index is 2.35. The summed E-state index contributed by atoms with van der Waals surface area (Å²) in [5, 5.41) is 0. The number of rotatable bonds is 3. The van der Waals surface area contributed by atoms with Crippen LogP contribution >= 0.6 is 0 Å². The summed E-state index contributed by atoms with van der Waals surface area (Å²) in [5.41, 5.74) is 0.860. The average Bonchev–Trinajstić information content (AvgIpc) is 2.68. The van der Waals surface area contributed by atoms with Gasteiger partial charge in [-0.15, -0.1) is 0 Å². The van der Waals surface area contributed by atoms with Gasteiger partial charge < -0.3 is 4.79 Å². The minimum Gasteiger partial charge on any atom is -0.302 e. The first-order chi connectivity index (χ1) is 8.79. The largest absolute Gasteiger partial charge is 0.302 e. The molecule has 1 heterocycles. The Morgan fingerprint density at radius 2 is 1.89 bits per heavy atom. The first-order valence-corrected chi connectivity index (χ1v) is 7.45. The lowest BCUT2D eigenvalue weighted by Crippen LogP contribution is -2.31. The van der Waals surface area contributed by atoms with E-state index in [4.69, 9.17) is 0 Å². The first-order valence-electron chi connectivity index (χ1n) is 6.01. The average molecular weight is 279 g/mol. The summed E-state index contributed by atoms with van der Waals surface area (Å²) in [6, 6.07) is 6.70. The Hall–Kier alpha value is -1.46. The zero-order chi connectivity index (χ0) is 14.3. The fraction of sp³-hybridized carbons (Fsp3) is 0.357. The summed E-state index contributed by atoms with van der Waals surface area (Å²) in [4.78, 5) is 11.4. The predicted octanol–water partition coefficient (Wildman–Crippen LogP) is 1.76. The molecule has 102 valence electrons. The van der Waals surface area contributed by atoms with Crippen LogP contribution in [0.4, 0.5) is 0 Å². The van der Waals surface area contributed by atoms with Crippen molar-refractivity contribution in [3.05, 3.63) is 42.0 Å². The van der Waals surface area contributed by atoms with E-state index < -0.39 is 15.4 Å². The van der Waals surface area contributed by atoms with E-state index in [0.717, 1.165) is 11.8 Å². The third-order valence-corrected chi connectivity index (χ3v) is 5.40. The van der Waals surface area contributed by atoms with Gasteiger partial charge in [-0.3, -0.25) is 0 Å². The molecule has 0 aliphatic carbocycles. The van der Waals surface area contributed by atoms with Crippen LogP contribution in [0, 0.1) is 12.3 Å². The molecule has 19 heavy (non-hydrogen) atoms. The standard InChI is InChI=1S/C14H17NO3S/c1-11-4-6-13(7-5-11)19(17,18)15-8-12(2)14(3,9-15)10-16/h4-7,10H,2,8-9H2,1,3H3/t14-/m1/s1. The monoisotopic (exact) mass is 279 g/mol. The van der Waals surface area contributed by atoms with Crippen molar-refractivity contribution in [3.63, 3.8) is 0 Å². The molecular weight excluding hydrogens is 262 g/mol. The Kier molecular flexibility index (Phi) is 3.36. The van der Waals surface area contributed by atoms with Crippen LogP contribution in [-0.4, -0.2) is 32.1 Å². The topological polar surface area (TPSA) is 54.5 Å². The second-order valence-electron chi connectivity index (χ2n) is 5.23. The number of hydrogen-bond donors (Lipinski definition) is 0. The van der Waals surface area contributed by atoms with Gasteiger partial charge in [-0.25, -0.2) is 8.42 Å². The summed E-state index contributed by atoms with van der Waals surface area (Å²) in [7, 11) is -3.56. The summed E-state index contributed by atoms with van der Waals surface area (Å²) < 4.78 is 26.2. The Morgan fingerprint density at radius 1 is 1.32 bits per heavy atom. The maximum absolute atomic E-state index is 12.5. The van der Waals surface area contributed by atoms with Crippen LogP contribution in [0.5, 0.6) is 0 Å². The molecule has 1 aliphatic heterocycles. The van der Waals surface area contributed by atoms with Crippen LogP contribution in [-0.2, 0) is 14.8 Å². The van der Waals surface area contributed by atoms with Crippen LogP contribution in [0.15, 0.2) is 41.3 Å². The van der Waals surface area contributed by atoms with Gasteiger partial charge in [0, 0.05) is 13.1 Å². The van der Waals surface area contributed by atoms with E-state index in [0.29, 0.717) is 5.57 Å². The summed E-state index contributed by atoms with van der Waals surface area (Å²) in [6.07, 6.45) is 0.778. The lowest BCUT2D eigenvalue weighted by atomic mass is 9.88. The first kappa shape index (κ1) is 14.0. The number of nitrogens with zero attached hydrogens (tertiary/aromatic N) is 1. The number of hydrogen-bond acceptors (Lipinski definition) is 3. The second kappa shape index (κ2) is 4.58. The third kappa shape index (κ3) is 2.35. The smallest absolute Gasteiger partial charge is 0.243 e. The molecule has 0 unspecified atom stereocenters. The molecule has 0 amide bonds. The van der Waals surface area contributed by atoms with E-state index in [1.54, 1.807) is 31.2 Å². The van der Waals surface area contributed by atoms with Crippen molar-refractivity contribution in [2.75, 3.05) is 13.1 Å². The van der Waals surface area contributed by atoms with Crippen LogP contribution in [0.3, 0.4) is 0 Å². The van der Waals surface area contributed by atoms with E-state index in [9.17, 15) is 13.2 Å². The Morgan fingerprint density at radius 3 is 2.37 bits per heavy atom. The van der Waals surface area contributed by atoms with Gasteiger partial charge in [-0.2, -0.15) is 4.31 Å². The zero-order valence-electron chi connectivity index (χ0n) is 11.1. The van der Waals surface area contributed by atoms with E-state index in [1.807, 2.05) is 6.92 Å². The third-order valence-electron chi connectivity index (χ3n) is 3.60. The maximum Gasteiger partial charge on any atom is 0.243 e. The normalized spacial score (nSPS) is 24.6. The van der Waals surface area contributed by atoms with Crippen molar-refractivity contribution >= 4 is 16.3 Å². The van der Waals surface area contributed by atoms with Crippen molar-refractivity contribution < 1.29 is 13.2 Å². The van der Waals surface area contributed by atoms with Gasteiger partial charge in [0.2, 0.25) is 10.0 Å². The van der Waals surface area contributed by atoms with Gasteiger partial charge >= 0.3 is 0 Å². The van der Waals surface area contributed by atoms with Crippen molar-refractivity contribution in [3.8, 4) is 0 Å². The van der Waals surface area contributed by atoms with Gasteiger partial charge in [-0.1, -0.05) is 24.3 Å². The van der Waals surface area contributed by atoms with Crippen molar-refractivity contribution in [1.29, 1.82) is 0 Å². The summed E-state index contributed by atoms with van der Waals surface area (Å²) >= 11 is 0. The minimum absolute atomic E-state index is 0.158. The molecule has 1 aromatic rings. The molecule has 0 saturated carbocycles. The lowest BCUT2D eigenvalue weighted by molar-refractivity contribution is -0.113. The number of sulfonamides is 1. The molecule has 0 bridgehead atoms. The van der Waals surface area contributed by atoms with Crippen LogP contribution in [0.1, 0.15) is 12.5 Å². The highest BCUT2D eigenvalue weighted by molar-refractivity contribution is 7.89. The summed E-state index contributed by atoms with van der Waals surface area (Å²) in [6.45, 7) is 7.79.